The molecule has 0 saturated carbocycles. The van der Waals surface area contributed by atoms with Crippen LogP contribution in [0.1, 0.15) is 26.2 Å². The zero-order chi connectivity index (χ0) is 10.1. The van der Waals surface area contributed by atoms with Crippen LogP contribution in [0.4, 0.5) is 0 Å². The van der Waals surface area contributed by atoms with Gasteiger partial charge in [0.05, 0.1) is 6.61 Å². The molecule has 0 aliphatic carbocycles. The summed E-state index contributed by atoms with van der Waals surface area (Å²) in [6.07, 6.45) is 3.05. The topological polar surface area (TPSA) is 88.2 Å². The molecule has 0 aromatic heterocycles. The normalized spacial score (nSPS) is 9.31. The van der Waals surface area contributed by atoms with Gasteiger partial charge in [-0.05, 0) is 6.42 Å². The van der Waals surface area contributed by atoms with Crippen LogP contribution in [0.2, 0.25) is 0 Å². The quantitative estimate of drug-likeness (QED) is 0.240. The maximum absolute atomic E-state index is 10.9. The fourth-order valence-electron chi connectivity index (χ4n) is 0.756. The maximum atomic E-state index is 10.9. The van der Waals surface area contributed by atoms with E-state index >= 15 is 0 Å². The third-order valence-corrected chi connectivity index (χ3v) is 1.43. The zero-order valence-corrected chi connectivity index (χ0v) is 7.93. The van der Waals surface area contributed by atoms with Gasteiger partial charge in [-0.25, -0.2) is 0 Å². The molecule has 0 unspecified atom stereocenters. The van der Waals surface area contributed by atoms with Crippen molar-refractivity contribution in [2.75, 3.05) is 13.2 Å². The van der Waals surface area contributed by atoms with E-state index in [0.717, 1.165) is 19.3 Å². The van der Waals surface area contributed by atoms with Crippen molar-refractivity contribution in [1.29, 1.82) is 5.41 Å². The fourth-order valence-corrected chi connectivity index (χ4v) is 0.756. The third kappa shape index (κ3) is 8.65. The van der Waals surface area contributed by atoms with E-state index in [1.165, 1.54) is 0 Å². The molecule has 0 fully saturated rings. The molecule has 0 aliphatic heterocycles. The Kier molecular flexibility index (Phi) is 6.68. The number of unbranched alkanes of at least 4 members (excludes halogenated alkanes) is 2. The summed E-state index contributed by atoms with van der Waals surface area (Å²) >= 11 is 0. The van der Waals surface area contributed by atoms with Gasteiger partial charge in [-0.1, -0.05) is 19.8 Å². The highest BCUT2D eigenvalue weighted by atomic mass is 16.5. The molecule has 0 atom stereocenters. The van der Waals surface area contributed by atoms with Crippen LogP contribution in [-0.4, -0.2) is 25.1 Å². The van der Waals surface area contributed by atoms with Crippen molar-refractivity contribution >= 4 is 11.9 Å². The Bertz CT molecular complexity index is 171. The van der Waals surface area contributed by atoms with Crippen LogP contribution in [0.25, 0.3) is 0 Å². The van der Waals surface area contributed by atoms with E-state index < -0.39 is 0 Å². The molecular weight excluding hydrogens is 170 g/mol. The average Bonchev–Trinajstić information content (AvgIpc) is 2.09. The molecular formula is C8H17N3O2. The molecule has 0 rings (SSSR count). The lowest BCUT2D eigenvalue weighted by atomic mass is 10.3. The zero-order valence-electron chi connectivity index (χ0n) is 7.93. The Labute approximate surface area is 78.1 Å². The highest BCUT2D eigenvalue weighted by Crippen LogP contribution is 1.93. The first kappa shape index (κ1) is 11.7. The van der Waals surface area contributed by atoms with Crippen LogP contribution in [0.3, 0.4) is 0 Å². The Balaban J connectivity index is 3.25. The largest absolute Gasteiger partial charge is 0.464 e. The number of hydrogen-bond acceptors (Lipinski definition) is 3. The summed E-state index contributed by atoms with van der Waals surface area (Å²) in [5, 5.41) is 9.16. The predicted molar refractivity (Wildman–Crippen MR) is 50.4 cm³/mol. The van der Waals surface area contributed by atoms with Crippen LogP contribution < -0.4 is 11.1 Å². The summed E-state index contributed by atoms with van der Waals surface area (Å²) in [6.45, 7) is 2.51. The minimum Gasteiger partial charge on any atom is -0.464 e. The lowest BCUT2D eigenvalue weighted by molar-refractivity contribution is -0.142. The molecule has 0 bridgehead atoms. The highest BCUT2D eigenvalue weighted by molar-refractivity contribution is 5.80. The molecule has 5 nitrogen and oxygen atoms in total. The Morgan fingerprint density at radius 2 is 2.23 bits per heavy atom. The van der Waals surface area contributed by atoms with Crippen LogP contribution >= 0.6 is 0 Å². The molecule has 0 aromatic carbocycles. The van der Waals surface area contributed by atoms with Crippen molar-refractivity contribution in [3.63, 3.8) is 0 Å². The maximum Gasteiger partial charge on any atom is 0.325 e. The van der Waals surface area contributed by atoms with Gasteiger partial charge in [-0.2, -0.15) is 0 Å². The number of hydrogen-bond donors (Lipinski definition) is 3. The average molecular weight is 187 g/mol. The summed E-state index contributed by atoms with van der Waals surface area (Å²) in [6, 6.07) is 0. The predicted octanol–water partition coefficient (Wildman–Crippen LogP) is 0.203. The van der Waals surface area contributed by atoms with E-state index in [-0.39, 0.29) is 18.5 Å². The first-order chi connectivity index (χ1) is 6.16. The fraction of sp³-hybridized carbons (Fsp3) is 0.750. The molecule has 4 N–H and O–H groups in total. The van der Waals surface area contributed by atoms with Gasteiger partial charge in [0.1, 0.15) is 6.54 Å². The number of nitrogens with two attached hydrogens (primary N) is 1. The Morgan fingerprint density at radius 3 is 2.77 bits per heavy atom. The number of rotatable bonds is 6. The van der Waals surface area contributed by atoms with E-state index in [0.29, 0.717) is 6.61 Å². The van der Waals surface area contributed by atoms with Crippen molar-refractivity contribution in [3.8, 4) is 0 Å². The Hall–Kier alpha value is -1.26. The number of esters is 1. The summed E-state index contributed by atoms with van der Waals surface area (Å²) in [5.74, 6) is -0.586. The van der Waals surface area contributed by atoms with Crippen molar-refractivity contribution in [2.24, 2.45) is 5.73 Å². The van der Waals surface area contributed by atoms with Crippen LogP contribution in [-0.2, 0) is 9.53 Å². The van der Waals surface area contributed by atoms with E-state index in [9.17, 15) is 4.79 Å². The minimum atomic E-state index is -0.369. The smallest absolute Gasteiger partial charge is 0.325 e. The summed E-state index contributed by atoms with van der Waals surface area (Å²) < 4.78 is 4.84. The molecule has 0 aliphatic rings. The molecule has 0 heterocycles. The van der Waals surface area contributed by atoms with Crippen molar-refractivity contribution in [3.05, 3.63) is 0 Å². The number of nitrogens with one attached hydrogen (secondary N) is 2. The van der Waals surface area contributed by atoms with Crippen LogP contribution in [0, 0.1) is 5.41 Å². The molecule has 0 amide bonds. The van der Waals surface area contributed by atoms with Crippen LogP contribution in [0.15, 0.2) is 0 Å². The standard InChI is InChI=1S/C8H17N3O2/c1-2-3-4-5-13-7(12)6-11-8(9)10/h2-6H2,1H3,(H4,9,10,11). The first-order valence-corrected chi connectivity index (χ1v) is 4.40. The van der Waals surface area contributed by atoms with Gasteiger partial charge in [-0.3, -0.25) is 10.2 Å². The molecule has 0 radical (unpaired) electrons. The SMILES string of the molecule is CCCCCOC(=O)CNC(=N)N. The van der Waals surface area contributed by atoms with Gasteiger partial charge >= 0.3 is 5.97 Å². The van der Waals surface area contributed by atoms with Gasteiger partial charge in [0.15, 0.2) is 5.96 Å². The highest BCUT2D eigenvalue weighted by Gasteiger charge is 2.01. The third-order valence-electron chi connectivity index (χ3n) is 1.43. The molecule has 0 aromatic rings. The second-order valence-electron chi connectivity index (χ2n) is 2.69. The second-order valence-corrected chi connectivity index (χ2v) is 2.69. The summed E-state index contributed by atoms with van der Waals surface area (Å²) in [7, 11) is 0. The Morgan fingerprint density at radius 1 is 1.54 bits per heavy atom. The second kappa shape index (κ2) is 7.39. The lowest BCUT2D eigenvalue weighted by Crippen LogP contribution is -2.35. The lowest BCUT2D eigenvalue weighted by Gasteiger charge is -2.04. The van der Waals surface area contributed by atoms with Crippen molar-refractivity contribution in [2.45, 2.75) is 26.2 Å². The summed E-state index contributed by atoms with van der Waals surface area (Å²) in [4.78, 5) is 10.9. The van der Waals surface area contributed by atoms with Crippen molar-refractivity contribution in [1.82, 2.24) is 5.32 Å². The van der Waals surface area contributed by atoms with E-state index in [1.807, 2.05) is 0 Å². The van der Waals surface area contributed by atoms with Gasteiger partial charge in [0.25, 0.3) is 0 Å². The molecule has 0 spiro atoms. The summed E-state index contributed by atoms with van der Waals surface area (Å²) in [5.41, 5.74) is 4.98. The number of carbonyl (C=O) groups is 1. The molecule has 0 saturated heterocycles. The number of ether oxygens (including phenoxy) is 1. The van der Waals surface area contributed by atoms with E-state index in [4.69, 9.17) is 15.9 Å². The molecule has 76 valence electrons. The van der Waals surface area contributed by atoms with Crippen LogP contribution in [0.5, 0.6) is 0 Å². The van der Waals surface area contributed by atoms with Gasteiger partial charge in [-0.15, -0.1) is 0 Å². The van der Waals surface area contributed by atoms with Crippen molar-refractivity contribution < 1.29 is 9.53 Å². The molecule has 13 heavy (non-hydrogen) atoms. The minimum absolute atomic E-state index is 0.0263. The number of carbonyl (C=O) groups excluding carboxylic acids is 1. The monoisotopic (exact) mass is 187 g/mol. The van der Waals surface area contributed by atoms with Gasteiger partial charge in [0.2, 0.25) is 0 Å². The van der Waals surface area contributed by atoms with Gasteiger partial charge < -0.3 is 15.8 Å². The van der Waals surface area contributed by atoms with E-state index in [1.54, 1.807) is 0 Å². The number of guanidine groups is 1. The van der Waals surface area contributed by atoms with Gasteiger partial charge in [0, 0.05) is 0 Å². The first-order valence-electron chi connectivity index (χ1n) is 4.40. The molecule has 5 heteroatoms. The van der Waals surface area contributed by atoms with E-state index in [2.05, 4.69) is 12.2 Å².